The zero-order chi connectivity index (χ0) is 10.0. The van der Waals surface area contributed by atoms with Crippen molar-refractivity contribution in [3.63, 3.8) is 0 Å². The van der Waals surface area contributed by atoms with Crippen LogP contribution < -0.4 is 11.1 Å². The smallest absolute Gasteiger partial charge is 0.410 e. The highest BCUT2D eigenvalue weighted by Gasteiger charge is 2.46. The van der Waals surface area contributed by atoms with Crippen LogP contribution in [0.2, 0.25) is 0 Å². The summed E-state index contributed by atoms with van der Waals surface area (Å²) < 4.78 is 5.40. The van der Waals surface area contributed by atoms with Crippen molar-refractivity contribution in [3.05, 3.63) is 0 Å². The van der Waals surface area contributed by atoms with Gasteiger partial charge in [0.2, 0.25) is 0 Å². The van der Waals surface area contributed by atoms with Gasteiger partial charge >= 0.3 is 6.09 Å². The van der Waals surface area contributed by atoms with Gasteiger partial charge in [0.25, 0.3) is 0 Å². The fourth-order valence-corrected chi connectivity index (χ4v) is 2.09. The highest BCUT2D eigenvalue weighted by Crippen LogP contribution is 2.28. The third-order valence-corrected chi connectivity index (χ3v) is 2.88. The lowest BCUT2D eigenvalue weighted by molar-refractivity contribution is 0.0727. The van der Waals surface area contributed by atoms with Crippen LogP contribution in [0, 0.1) is 0 Å². The van der Waals surface area contributed by atoms with Gasteiger partial charge in [-0.1, -0.05) is 0 Å². The fourth-order valence-electron chi connectivity index (χ4n) is 2.09. The van der Waals surface area contributed by atoms with Crippen molar-refractivity contribution in [2.75, 3.05) is 32.7 Å². The SMILES string of the molecule is NCCCN1CC2(CCNC2)OC1=O. The van der Waals surface area contributed by atoms with Gasteiger partial charge in [-0.2, -0.15) is 0 Å². The number of hydrogen-bond acceptors (Lipinski definition) is 4. The molecule has 2 fully saturated rings. The normalized spacial score (nSPS) is 31.5. The minimum atomic E-state index is -0.244. The zero-order valence-corrected chi connectivity index (χ0v) is 8.29. The molecule has 5 heteroatoms. The largest absolute Gasteiger partial charge is 0.439 e. The summed E-state index contributed by atoms with van der Waals surface area (Å²) in [5.41, 5.74) is 5.16. The average Bonchev–Trinajstić information content (AvgIpc) is 2.72. The van der Waals surface area contributed by atoms with E-state index in [1.807, 2.05) is 0 Å². The Hall–Kier alpha value is -0.810. The first kappa shape index (κ1) is 9.73. The van der Waals surface area contributed by atoms with Crippen LogP contribution in [-0.2, 0) is 4.74 Å². The maximum absolute atomic E-state index is 11.5. The molecular formula is C9H17N3O2. The molecule has 0 bridgehead atoms. The van der Waals surface area contributed by atoms with Gasteiger partial charge in [-0.25, -0.2) is 4.79 Å². The van der Waals surface area contributed by atoms with Gasteiger partial charge in [-0.05, 0) is 19.5 Å². The molecular weight excluding hydrogens is 182 g/mol. The summed E-state index contributed by atoms with van der Waals surface area (Å²) in [6.45, 7) is 3.79. The second-order valence-electron chi connectivity index (χ2n) is 4.04. The highest BCUT2D eigenvalue weighted by molar-refractivity contribution is 5.70. The molecule has 2 aliphatic heterocycles. The lowest BCUT2D eigenvalue weighted by Crippen LogP contribution is -2.37. The third-order valence-electron chi connectivity index (χ3n) is 2.88. The lowest BCUT2D eigenvalue weighted by atomic mass is 10.0. The van der Waals surface area contributed by atoms with Gasteiger partial charge in [0, 0.05) is 19.5 Å². The Morgan fingerprint density at radius 2 is 2.50 bits per heavy atom. The van der Waals surface area contributed by atoms with E-state index in [9.17, 15) is 4.79 Å². The molecule has 5 nitrogen and oxygen atoms in total. The Morgan fingerprint density at radius 3 is 3.14 bits per heavy atom. The molecule has 0 saturated carbocycles. The first-order valence-corrected chi connectivity index (χ1v) is 5.14. The molecule has 3 N–H and O–H groups in total. The fraction of sp³-hybridized carbons (Fsp3) is 0.889. The van der Waals surface area contributed by atoms with E-state index in [4.69, 9.17) is 10.5 Å². The second-order valence-corrected chi connectivity index (χ2v) is 4.04. The Morgan fingerprint density at radius 1 is 1.64 bits per heavy atom. The van der Waals surface area contributed by atoms with E-state index in [1.54, 1.807) is 4.90 Å². The van der Waals surface area contributed by atoms with Crippen molar-refractivity contribution >= 4 is 6.09 Å². The molecule has 1 atom stereocenters. The number of ether oxygens (including phenoxy) is 1. The topological polar surface area (TPSA) is 67.6 Å². The average molecular weight is 199 g/mol. The van der Waals surface area contributed by atoms with Crippen molar-refractivity contribution in [2.24, 2.45) is 5.73 Å². The quantitative estimate of drug-likeness (QED) is 0.644. The zero-order valence-electron chi connectivity index (χ0n) is 8.29. The lowest BCUT2D eigenvalue weighted by Gasteiger charge is -2.19. The molecule has 0 aliphatic carbocycles. The van der Waals surface area contributed by atoms with Gasteiger partial charge in [0.15, 0.2) is 0 Å². The standard InChI is InChI=1S/C9H17N3O2/c10-3-1-5-12-7-9(14-8(12)13)2-4-11-6-9/h11H,1-7,10H2. The molecule has 0 aromatic carbocycles. The van der Waals surface area contributed by atoms with Gasteiger partial charge in [-0.15, -0.1) is 0 Å². The van der Waals surface area contributed by atoms with Crippen LogP contribution in [0.4, 0.5) is 4.79 Å². The third kappa shape index (κ3) is 1.69. The number of nitrogens with one attached hydrogen (secondary N) is 1. The highest BCUT2D eigenvalue weighted by atomic mass is 16.6. The van der Waals surface area contributed by atoms with Crippen LogP contribution in [0.3, 0.4) is 0 Å². The van der Waals surface area contributed by atoms with E-state index >= 15 is 0 Å². The van der Waals surface area contributed by atoms with Crippen molar-refractivity contribution in [1.82, 2.24) is 10.2 Å². The maximum Gasteiger partial charge on any atom is 0.410 e. The van der Waals surface area contributed by atoms with Crippen LogP contribution >= 0.6 is 0 Å². The maximum atomic E-state index is 11.5. The molecule has 1 unspecified atom stereocenters. The number of carbonyl (C=O) groups excluding carboxylic acids is 1. The van der Waals surface area contributed by atoms with Gasteiger partial charge < -0.3 is 20.7 Å². The van der Waals surface area contributed by atoms with E-state index in [2.05, 4.69) is 5.32 Å². The number of hydrogen-bond donors (Lipinski definition) is 2. The van der Waals surface area contributed by atoms with E-state index < -0.39 is 0 Å². The molecule has 2 rings (SSSR count). The summed E-state index contributed by atoms with van der Waals surface area (Å²) in [7, 11) is 0. The van der Waals surface area contributed by atoms with Crippen molar-refractivity contribution in [1.29, 1.82) is 0 Å². The predicted molar refractivity (Wildman–Crippen MR) is 51.9 cm³/mol. The predicted octanol–water partition coefficient (Wildman–Crippen LogP) is -0.480. The summed E-state index contributed by atoms with van der Waals surface area (Å²) in [5.74, 6) is 0. The monoisotopic (exact) mass is 199 g/mol. The molecule has 14 heavy (non-hydrogen) atoms. The molecule has 2 heterocycles. The minimum Gasteiger partial charge on any atom is -0.439 e. The number of nitrogens with two attached hydrogens (primary N) is 1. The van der Waals surface area contributed by atoms with E-state index in [1.165, 1.54) is 0 Å². The van der Waals surface area contributed by atoms with Crippen molar-refractivity contribution in [3.8, 4) is 0 Å². The summed E-state index contributed by atoms with van der Waals surface area (Å²) in [4.78, 5) is 13.2. The van der Waals surface area contributed by atoms with Crippen LogP contribution in [0.1, 0.15) is 12.8 Å². The number of carbonyl (C=O) groups is 1. The Labute approximate surface area is 83.6 Å². The summed E-state index contributed by atoms with van der Waals surface area (Å²) in [5, 5.41) is 3.22. The van der Waals surface area contributed by atoms with E-state index in [-0.39, 0.29) is 11.7 Å². The Bertz CT molecular complexity index is 226. The van der Waals surface area contributed by atoms with Gasteiger partial charge in [0.05, 0.1) is 6.54 Å². The first-order chi connectivity index (χ1) is 6.76. The molecule has 0 aromatic rings. The number of nitrogens with zero attached hydrogens (tertiary/aromatic N) is 1. The molecule has 2 saturated heterocycles. The molecule has 1 amide bonds. The molecule has 0 radical (unpaired) electrons. The van der Waals surface area contributed by atoms with Crippen molar-refractivity contribution < 1.29 is 9.53 Å². The number of amides is 1. The van der Waals surface area contributed by atoms with E-state index in [0.717, 1.165) is 39.0 Å². The van der Waals surface area contributed by atoms with Crippen LogP contribution in [0.15, 0.2) is 0 Å². The summed E-state index contributed by atoms with van der Waals surface area (Å²) in [6, 6.07) is 0. The van der Waals surface area contributed by atoms with Crippen molar-refractivity contribution in [2.45, 2.75) is 18.4 Å². The minimum absolute atomic E-state index is 0.179. The molecule has 2 aliphatic rings. The molecule has 80 valence electrons. The van der Waals surface area contributed by atoms with Crippen LogP contribution in [0.25, 0.3) is 0 Å². The van der Waals surface area contributed by atoms with E-state index in [0.29, 0.717) is 6.54 Å². The molecule has 1 spiro atoms. The summed E-state index contributed by atoms with van der Waals surface area (Å²) in [6.07, 6.45) is 1.60. The second kappa shape index (κ2) is 3.74. The van der Waals surface area contributed by atoms with Gasteiger partial charge in [-0.3, -0.25) is 0 Å². The van der Waals surface area contributed by atoms with Crippen LogP contribution in [-0.4, -0.2) is 49.3 Å². The Kier molecular flexibility index (Phi) is 2.60. The Balaban J connectivity index is 1.92. The molecule has 0 aromatic heterocycles. The number of rotatable bonds is 3. The first-order valence-electron chi connectivity index (χ1n) is 5.14. The van der Waals surface area contributed by atoms with Crippen LogP contribution in [0.5, 0.6) is 0 Å². The van der Waals surface area contributed by atoms with Gasteiger partial charge in [0.1, 0.15) is 5.60 Å². The summed E-state index contributed by atoms with van der Waals surface area (Å²) >= 11 is 0.